The summed E-state index contributed by atoms with van der Waals surface area (Å²) >= 11 is 0. The summed E-state index contributed by atoms with van der Waals surface area (Å²) in [6, 6.07) is 5.07. The van der Waals surface area contributed by atoms with Gasteiger partial charge < -0.3 is 9.64 Å². The van der Waals surface area contributed by atoms with Crippen LogP contribution in [0.1, 0.15) is 16.1 Å². The summed E-state index contributed by atoms with van der Waals surface area (Å²) in [6.07, 6.45) is -0.838. The average Bonchev–Trinajstić information content (AvgIpc) is 2.53. The Hall–Kier alpha value is -3.10. The number of hydrogen-bond donors (Lipinski definition) is 0. The molecule has 0 saturated heterocycles. The molecule has 1 aromatic carbocycles. The van der Waals surface area contributed by atoms with Gasteiger partial charge in [0.15, 0.2) is 5.69 Å². The van der Waals surface area contributed by atoms with Crippen LogP contribution in [-0.4, -0.2) is 40.9 Å². The van der Waals surface area contributed by atoms with Crippen molar-refractivity contribution in [1.82, 2.24) is 14.7 Å². The minimum Gasteiger partial charge on any atom is -0.406 e. The van der Waals surface area contributed by atoms with Gasteiger partial charge in [-0.2, -0.15) is 5.10 Å². The van der Waals surface area contributed by atoms with Crippen LogP contribution in [0.5, 0.6) is 5.75 Å². The first kappa shape index (κ1) is 19.2. The maximum absolute atomic E-state index is 12.4. The van der Waals surface area contributed by atoms with Crippen molar-refractivity contribution in [3.63, 3.8) is 0 Å². The number of allylic oxidation sites excluding steroid dienone is 1. The lowest BCUT2D eigenvalue weighted by atomic mass is 10.2. The topological polar surface area (TPSA) is 64.4 Å². The molecule has 0 spiro atoms. The van der Waals surface area contributed by atoms with E-state index in [2.05, 4.69) is 9.84 Å². The first-order valence-electron chi connectivity index (χ1n) is 7.42. The molecule has 0 radical (unpaired) electrons. The van der Waals surface area contributed by atoms with Crippen LogP contribution in [0, 0.1) is 6.92 Å². The smallest absolute Gasteiger partial charge is 0.406 e. The van der Waals surface area contributed by atoms with Gasteiger partial charge in [-0.05, 0) is 19.1 Å². The number of carbonyl (C=O) groups excluding carboxylic acids is 1. The average molecular weight is 367 g/mol. The molecule has 1 heterocycles. The summed E-state index contributed by atoms with van der Waals surface area (Å²) in [6.45, 7) is 1.49. The van der Waals surface area contributed by atoms with Crippen LogP contribution in [0.15, 0.2) is 47.5 Å². The molecule has 0 unspecified atom stereocenters. The van der Waals surface area contributed by atoms with Crippen molar-refractivity contribution >= 4 is 5.78 Å². The maximum atomic E-state index is 12.4. The maximum Gasteiger partial charge on any atom is 0.573 e. The number of aryl methyl sites for hydroxylation is 1. The van der Waals surface area contributed by atoms with Gasteiger partial charge in [-0.15, -0.1) is 13.2 Å². The zero-order chi connectivity index (χ0) is 19.5. The molecule has 6 nitrogen and oxygen atoms in total. The van der Waals surface area contributed by atoms with E-state index in [1.807, 2.05) is 0 Å². The molecule has 0 amide bonds. The summed E-state index contributed by atoms with van der Waals surface area (Å²) in [5, 5.41) is 3.97. The Balaban J connectivity index is 2.47. The van der Waals surface area contributed by atoms with E-state index in [0.29, 0.717) is 0 Å². The number of carbonyl (C=O) groups is 1. The second-order valence-corrected chi connectivity index (χ2v) is 5.62. The molecule has 0 aliphatic heterocycles. The largest absolute Gasteiger partial charge is 0.573 e. The van der Waals surface area contributed by atoms with Gasteiger partial charge in [0, 0.05) is 44.2 Å². The monoisotopic (exact) mass is 367 g/mol. The van der Waals surface area contributed by atoms with Crippen LogP contribution in [0.2, 0.25) is 0 Å². The van der Waals surface area contributed by atoms with Gasteiger partial charge in [0.05, 0.1) is 5.69 Å². The summed E-state index contributed by atoms with van der Waals surface area (Å²) in [7, 11) is 3.41. The fourth-order valence-corrected chi connectivity index (χ4v) is 2.02. The molecule has 2 rings (SSSR count). The van der Waals surface area contributed by atoms with Crippen LogP contribution in [-0.2, 0) is 0 Å². The van der Waals surface area contributed by atoms with Crippen molar-refractivity contribution in [3.8, 4) is 11.4 Å². The number of ether oxygens (including phenoxy) is 1. The third-order valence-electron chi connectivity index (χ3n) is 3.17. The number of aromatic nitrogens is 2. The first-order chi connectivity index (χ1) is 12.1. The lowest BCUT2D eigenvalue weighted by Gasteiger charge is -2.12. The molecule has 1 aromatic heterocycles. The standard InChI is InChI=1S/C17H16F3N3O3/c1-11-10-23(12-5-4-6-13(9-12)26-17(18,19)20)21-15(16(11)25)14(24)7-8-22(2)3/h4-10H,1-3H3/b8-7+. The van der Waals surface area contributed by atoms with Crippen LogP contribution in [0.25, 0.3) is 5.69 Å². The Morgan fingerprint density at radius 1 is 1.31 bits per heavy atom. The van der Waals surface area contributed by atoms with Crippen molar-refractivity contribution < 1.29 is 22.7 Å². The minimum atomic E-state index is -4.83. The third kappa shape index (κ3) is 4.95. The Labute approximate surface area is 147 Å². The quantitative estimate of drug-likeness (QED) is 0.601. The molecule has 26 heavy (non-hydrogen) atoms. The van der Waals surface area contributed by atoms with Crippen molar-refractivity contribution in [2.24, 2.45) is 0 Å². The molecule has 0 atom stereocenters. The molecular weight excluding hydrogens is 351 g/mol. The van der Waals surface area contributed by atoms with Crippen molar-refractivity contribution in [1.29, 1.82) is 0 Å². The Kier molecular flexibility index (Phi) is 5.49. The van der Waals surface area contributed by atoms with E-state index in [1.54, 1.807) is 19.0 Å². The van der Waals surface area contributed by atoms with Gasteiger partial charge in [0.2, 0.25) is 11.2 Å². The van der Waals surface area contributed by atoms with Crippen LogP contribution in [0.3, 0.4) is 0 Å². The van der Waals surface area contributed by atoms with E-state index < -0.39 is 23.3 Å². The Morgan fingerprint density at radius 3 is 2.62 bits per heavy atom. The van der Waals surface area contributed by atoms with Gasteiger partial charge in [-0.3, -0.25) is 9.59 Å². The third-order valence-corrected chi connectivity index (χ3v) is 3.17. The second kappa shape index (κ2) is 7.42. The Bertz CT molecular complexity index is 902. The molecule has 0 aliphatic carbocycles. The van der Waals surface area contributed by atoms with Crippen LogP contribution in [0.4, 0.5) is 13.2 Å². The predicted octanol–water partition coefficient (Wildman–Crippen LogP) is 2.70. The Morgan fingerprint density at radius 2 is 2.00 bits per heavy atom. The van der Waals surface area contributed by atoms with E-state index in [9.17, 15) is 22.8 Å². The highest BCUT2D eigenvalue weighted by molar-refractivity contribution is 6.02. The van der Waals surface area contributed by atoms with Gasteiger partial charge >= 0.3 is 6.36 Å². The number of benzene rings is 1. The molecule has 0 N–H and O–H groups in total. The highest BCUT2D eigenvalue weighted by Crippen LogP contribution is 2.24. The molecule has 0 saturated carbocycles. The van der Waals surface area contributed by atoms with Gasteiger partial charge in [-0.25, -0.2) is 4.68 Å². The molecule has 2 aromatic rings. The number of ketones is 1. The van der Waals surface area contributed by atoms with E-state index >= 15 is 0 Å². The highest BCUT2D eigenvalue weighted by atomic mass is 19.4. The van der Waals surface area contributed by atoms with E-state index in [-0.39, 0.29) is 16.9 Å². The fraction of sp³-hybridized carbons (Fsp3) is 0.235. The van der Waals surface area contributed by atoms with Gasteiger partial charge in [0.1, 0.15) is 5.75 Å². The van der Waals surface area contributed by atoms with E-state index in [4.69, 9.17) is 0 Å². The van der Waals surface area contributed by atoms with E-state index in [0.717, 1.165) is 16.8 Å². The number of rotatable bonds is 5. The molecule has 0 aliphatic rings. The summed E-state index contributed by atoms with van der Waals surface area (Å²) in [5.74, 6) is -1.04. The predicted molar refractivity (Wildman–Crippen MR) is 88.4 cm³/mol. The number of hydrogen-bond acceptors (Lipinski definition) is 5. The van der Waals surface area contributed by atoms with Crippen molar-refractivity contribution in [2.45, 2.75) is 13.3 Å². The van der Waals surface area contributed by atoms with Crippen LogP contribution >= 0.6 is 0 Å². The molecular formula is C17H16F3N3O3. The zero-order valence-electron chi connectivity index (χ0n) is 14.2. The number of halogens is 3. The molecule has 138 valence electrons. The molecule has 0 bridgehead atoms. The SMILES string of the molecule is Cc1cn(-c2cccc(OC(F)(F)F)c2)nc(C(=O)/C=C/N(C)C)c1=O. The summed E-state index contributed by atoms with van der Waals surface area (Å²) in [5.41, 5.74) is -0.438. The number of nitrogens with zero attached hydrogens (tertiary/aromatic N) is 3. The zero-order valence-corrected chi connectivity index (χ0v) is 14.2. The lowest BCUT2D eigenvalue weighted by Crippen LogP contribution is -2.23. The minimum absolute atomic E-state index is 0.209. The van der Waals surface area contributed by atoms with E-state index in [1.165, 1.54) is 37.5 Å². The highest BCUT2D eigenvalue weighted by Gasteiger charge is 2.31. The molecule has 0 fully saturated rings. The molecule has 9 heteroatoms. The van der Waals surface area contributed by atoms with Crippen LogP contribution < -0.4 is 10.2 Å². The lowest BCUT2D eigenvalue weighted by molar-refractivity contribution is -0.274. The van der Waals surface area contributed by atoms with Crippen molar-refractivity contribution in [2.75, 3.05) is 14.1 Å². The fourth-order valence-electron chi connectivity index (χ4n) is 2.02. The summed E-state index contributed by atoms with van der Waals surface area (Å²) < 4.78 is 42.1. The van der Waals surface area contributed by atoms with Gasteiger partial charge in [0.25, 0.3) is 0 Å². The number of alkyl halides is 3. The summed E-state index contributed by atoms with van der Waals surface area (Å²) in [4.78, 5) is 26.0. The second-order valence-electron chi connectivity index (χ2n) is 5.62. The first-order valence-corrected chi connectivity index (χ1v) is 7.42. The van der Waals surface area contributed by atoms with Gasteiger partial charge in [-0.1, -0.05) is 6.07 Å². The normalized spacial score (nSPS) is 11.6. The van der Waals surface area contributed by atoms with Crippen molar-refractivity contribution in [3.05, 3.63) is 64.2 Å².